The van der Waals surface area contributed by atoms with Gasteiger partial charge in [0.1, 0.15) is 0 Å². The molecule has 0 atom stereocenters. The number of alkyl halides is 6. The molecule has 0 fully saturated rings. The molecule has 11 heteroatoms. The Hall–Kier alpha value is -4.15. The number of nitrogens with zero attached hydrogens (tertiary/aromatic N) is 1. The number of fused-ring (bicyclic) bond motifs is 1. The average molecular weight is 506 g/mol. The fraction of sp³-hybridized carbons (Fsp3) is 0.160. The monoisotopic (exact) mass is 506 g/mol. The van der Waals surface area contributed by atoms with E-state index < -0.39 is 52.9 Å². The number of rotatable bonds is 4. The lowest BCUT2D eigenvalue weighted by Crippen LogP contribution is -2.25. The molecule has 36 heavy (non-hydrogen) atoms. The number of halogens is 6. The minimum Gasteiger partial charge on any atom is -0.416 e. The first-order chi connectivity index (χ1) is 16.8. The zero-order valence-corrected chi connectivity index (χ0v) is 18.4. The van der Waals surface area contributed by atoms with Crippen molar-refractivity contribution in [2.75, 3.05) is 0 Å². The topological polar surface area (TPSA) is 72.2 Å². The van der Waals surface area contributed by atoms with Crippen LogP contribution in [0.15, 0.2) is 70.1 Å². The first-order valence-corrected chi connectivity index (χ1v) is 10.4. The van der Waals surface area contributed by atoms with Crippen LogP contribution in [-0.4, -0.2) is 10.9 Å². The molecule has 0 radical (unpaired) electrons. The fourth-order valence-electron chi connectivity index (χ4n) is 3.65. The molecule has 4 aromatic rings. The summed E-state index contributed by atoms with van der Waals surface area (Å²) in [5, 5.41) is 2.70. The van der Waals surface area contributed by atoms with Crippen LogP contribution in [0.2, 0.25) is 0 Å². The Morgan fingerprint density at radius 3 is 2.11 bits per heavy atom. The quantitative estimate of drug-likeness (QED) is 0.338. The highest BCUT2D eigenvalue weighted by molar-refractivity contribution is 6.06. The molecule has 0 saturated carbocycles. The van der Waals surface area contributed by atoms with Crippen molar-refractivity contribution in [3.63, 3.8) is 0 Å². The highest BCUT2D eigenvalue weighted by Crippen LogP contribution is 2.36. The molecular formula is C25H16F6N2O3. The average Bonchev–Trinajstić information content (AvgIpc) is 2.82. The maximum atomic E-state index is 13.2. The Bertz CT molecular complexity index is 1470. The van der Waals surface area contributed by atoms with Crippen molar-refractivity contribution in [1.82, 2.24) is 10.3 Å². The third-order valence-corrected chi connectivity index (χ3v) is 5.38. The number of pyridine rings is 1. The molecule has 0 bridgehead atoms. The van der Waals surface area contributed by atoms with Gasteiger partial charge in [-0.05, 0) is 42.3 Å². The fourth-order valence-corrected chi connectivity index (χ4v) is 3.65. The van der Waals surface area contributed by atoms with Gasteiger partial charge >= 0.3 is 18.0 Å². The van der Waals surface area contributed by atoms with E-state index in [-0.39, 0.29) is 17.0 Å². The summed E-state index contributed by atoms with van der Waals surface area (Å²) < 4.78 is 84.2. The van der Waals surface area contributed by atoms with Crippen LogP contribution in [-0.2, 0) is 18.9 Å². The van der Waals surface area contributed by atoms with E-state index in [9.17, 15) is 35.9 Å². The summed E-state index contributed by atoms with van der Waals surface area (Å²) in [6.07, 6.45) is -7.39. The minimum absolute atomic E-state index is 0.00275. The molecular weight excluding hydrogens is 490 g/mol. The molecule has 0 aliphatic heterocycles. The van der Waals surface area contributed by atoms with E-state index in [2.05, 4.69) is 10.3 Å². The van der Waals surface area contributed by atoms with E-state index in [1.807, 2.05) is 6.92 Å². The van der Waals surface area contributed by atoms with Gasteiger partial charge in [-0.25, -0.2) is 4.79 Å². The Morgan fingerprint density at radius 2 is 1.53 bits per heavy atom. The molecule has 0 spiro atoms. The second-order valence-corrected chi connectivity index (χ2v) is 7.98. The summed E-state index contributed by atoms with van der Waals surface area (Å²) in [7, 11) is 0. The Labute approximate surface area is 199 Å². The van der Waals surface area contributed by atoms with Gasteiger partial charge in [0.05, 0.1) is 16.5 Å². The summed E-state index contributed by atoms with van der Waals surface area (Å²) in [5.41, 5.74) is -2.68. The number of carbonyl (C=O) groups is 1. The van der Waals surface area contributed by atoms with Crippen LogP contribution in [0.25, 0.3) is 21.9 Å². The predicted octanol–water partition coefficient (Wildman–Crippen LogP) is 6.13. The number of aromatic nitrogens is 1. The predicted molar refractivity (Wildman–Crippen MR) is 118 cm³/mol. The first kappa shape index (κ1) is 25.0. The number of amides is 1. The highest BCUT2D eigenvalue weighted by atomic mass is 19.4. The van der Waals surface area contributed by atoms with Crippen LogP contribution in [0.5, 0.6) is 0 Å². The molecule has 2 aromatic heterocycles. The van der Waals surface area contributed by atoms with E-state index in [0.717, 1.165) is 5.56 Å². The van der Waals surface area contributed by atoms with Crippen LogP contribution in [0, 0.1) is 6.92 Å². The third-order valence-electron chi connectivity index (χ3n) is 5.38. The summed E-state index contributed by atoms with van der Waals surface area (Å²) in [6.45, 7) is 1.16. The number of benzene rings is 2. The number of hydrogen-bond donors (Lipinski definition) is 1. The minimum atomic E-state index is -5.03. The van der Waals surface area contributed by atoms with Crippen molar-refractivity contribution >= 4 is 16.7 Å². The van der Waals surface area contributed by atoms with Gasteiger partial charge in [0, 0.05) is 29.9 Å². The summed E-state index contributed by atoms with van der Waals surface area (Å²) >= 11 is 0. The third kappa shape index (κ3) is 5.09. The zero-order valence-electron chi connectivity index (χ0n) is 18.4. The van der Waals surface area contributed by atoms with E-state index in [1.165, 1.54) is 18.5 Å². The summed E-state index contributed by atoms with van der Waals surface area (Å²) in [5.74, 6) is -1.43. The van der Waals surface area contributed by atoms with Gasteiger partial charge in [-0.3, -0.25) is 9.78 Å². The molecule has 1 N–H and O–H groups in total. The molecule has 2 aromatic carbocycles. The van der Waals surface area contributed by atoms with E-state index in [4.69, 9.17) is 4.42 Å². The smallest absolute Gasteiger partial charge is 0.416 e. The van der Waals surface area contributed by atoms with Crippen LogP contribution in [0.4, 0.5) is 26.3 Å². The van der Waals surface area contributed by atoms with Gasteiger partial charge in [-0.1, -0.05) is 29.8 Å². The molecule has 186 valence electrons. The van der Waals surface area contributed by atoms with Crippen LogP contribution >= 0.6 is 0 Å². The number of nitrogens with one attached hydrogen (secondary N) is 1. The normalized spacial score (nSPS) is 12.1. The number of aryl methyl sites for hydroxylation is 1. The first-order valence-electron chi connectivity index (χ1n) is 10.4. The second kappa shape index (κ2) is 9.14. The SMILES string of the molecule is Cc1ccc(-c2c(C(=O)NCc3cc(C(F)(F)F)cc(C(F)(F)F)c3)oc(=O)c3cnccc23)cc1. The largest absolute Gasteiger partial charge is 0.416 e. The van der Waals surface area contributed by atoms with Gasteiger partial charge in [0.15, 0.2) is 0 Å². The van der Waals surface area contributed by atoms with E-state index in [1.54, 1.807) is 24.3 Å². The number of hydrogen-bond acceptors (Lipinski definition) is 4. The summed E-state index contributed by atoms with van der Waals surface area (Å²) in [6, 6.07) is 9.41. The van der Waals surface area contributed by atoms with E-state index >= 15 is 0 Å². The van der Waals surface area contributed by atoms with Crippen molar-refractivity contribution in [2.45, 2.75) is 25.8 Å². The van der Waals surface area contributed by atoms with Crippen molar-refractivity contribution < 1.29 is 35.6 Å². The Kier molecular flexibility index (Phi) is 6.33. The maximum Gasteiger partial charge on any atom is 0.416 e. The van der Waals surface area contributed by atoms with Gasteiger partial charge in [0.2, 0.25) is 5.76 Å². The van der Waals surface area contributed by atoms with Gasteiger partial charge in [-0.2, -0.15) is 26.3 Å². The zero-order chi connectivity index (χ0) is 26.3. The Balaban J connectivity index is 1.76. The molecule has 0 unspecified atom stereocenters. The lowest BCUT2D eigenvalue weighted by Gasteiger charge is -2.15. The van der Waals surface area contributed by atoms with Gasteiger partial charge < -0.3 is 9.73 Å². The highest BCUT2D eigenvalue weighted by Gasteiger charge is 2.37. The van der Waals surface area contributed by atoms with Crippen LogP contribution in [0.1, 0.15) is 32.8 Å². The number of carbonyl (C=O) groups excluding carboxylic acids is 1. The molecule has 1 amide bonds. The lowest BCUT2D eigenvalue weighted by atomic mass is 9.98. The molecule has 0 saturated heterocycles. The molecule has 0 aliphatic carbocycles. The van der Waals surface area contributed by atoms with Crippen molar-refractivity contribution in [3.8, 4) is 11.1 Å². The molecule has 0 aliphatic rings. The Morgan fingerprint density at radius 1 is 0.917 bits per heavy atom. The molecule has 2 heterocycles. The standard InChI is InChI=1S/C25H16F6N2O3/c1-13-2-4-15(5-3-13)20-18-6-7-32-12-19(18)23(35)36-21(20)22(34)33-11-14-8-16(24(26,27)28)10-17(9-14)25(29,30)31/h2-10,12H,11H2,1H3,(H,33,34). The van der Waals surface area contributed by atoms with Crippen LogP contribution in [0.3, 0.4) is 0 Å². The maximum absolute atomic E-state index is 13.2. The summed E-state index contributed by atoms with van der Waals surface area (Å²) in [4.78, 5) is 29.4. The van der Waals surface area contributed by atoms with E-state index in [0.29, 0.717) is 23.1 Å². The second-order valence-electron chi connectivity index (χ2n) is 7.98. The van der Waals surface area contributed by atoms with Crippen molar-refractivity contribution in [2.24, 2.45) is 0 Å². The van der Waals surface area contributed by atoms with Gasteiger partial charge in [-0.15, -0.1) is 0 Å². The molecule has 5 nitrogen and oxygen atoms in total. The lowest BCUT2D eigenvalue weighted by molar-refractivity contribution is -0.143. The van der Waals surface area contributed by atoms with Crippen molar-refractivity contribution in [3.05, 3.63) is 99.4 Å². The van der Waals surface area contributed by atoms with Gasteiger partial charge in [0.25, 0.3) is 5.91 Å². The van der Waals surface area contributed by atoms with Crippen molar-refractivity contribution in [1.29, 1.82) is 0 Å². The molecule has 4 rings (SSSR count). The van der Waals surface area contributed by atoms with Crippen LogP contribution < -0.4 is 10.9 Å².